The predicted molar refractivity (Wildman–Crippen MR) is 108 cm³/mol. The molecule has 2 aromatic rings. The lowest BCUT2D eigenvalue weighted by atomic mass is 9.97. The van der Waals surface area contributed by atoms with Crippen LogP contribution in [0, 0.1) is 0 Å². The standard InChI is InChI=1S/C21H31N5O2/c1-17(18-6-3-2-4-7-18)8-12-25-13-9-19(10-14-25)26-16-20(23-24-26)21(28)22-11-5-15-27/h2-4,6-7,16-17,19,27H,5,8-15H2,1H3,(H,22,28)/t17-/m1/s1. The zero-order valence-electron chi connectivity index (χ0n) is 16.6. The first-order valence-electron chi connectivity index (χ1n) is 10.3. The molecule has 2 N–H and O–H groups in total. The van der Waals surface area contributed by atoms with Crippen molar-refractivity contribution in [2.75, 3.05) is 32.8 Å². The maximum atomic E-state index is 12.0. The van der Waals surface area contributed by atoms with Crippen LogP contribution in [-0.2, 0) is 0 Å². The third-order valence-corrected chi connectivity index (χ3v) is 5.54. The molecule has 2 heterocycles. The number of amides is 1. The van der Waals surface area contributed by atoms with Crippen LogP contribution in [0.4, 0.5) is 0 Å². The first kappa shape index (κ1) is 20.5. The fourth-order valence-corrected chi connectivity index (χ4v) is 3.66. The van der Waals surface area contributed by atoms with Crippen molar-refractivity contribution in [3.05, 3.63) is 47.8 Å². The molecule has 1 aliphatic heterocycles. The number of hydrogen-bond acceptors (Lipinski definition) is 5. The van der Waals surface area contributed by atoms with E-state index in [4.69, 9.17) is 5.11 Å². The van der Waals surface area contributed by atoms with Gasteiger partial charge in [0.25, 0.3) is 5.91 Å². The van der Waals surface area contributed by atoms with Gasteiger partial charge in [0.15, 0.2) is 5.69 Å². The number of likely N-dealkylation sites (tertiary alicyclic amines) is 1. The fourth-order valence-electron chi connectivity index (χ4n) is 3.66. The SMILES string of the molecule is C[C@H](CCN1CCC(n2cc(C(=O)NCCCO)nn2)CC1)c1ccccc1. The van der Waals surface area contributed by atoms with E-state index in [2.05, 4.69) is 57.8 Å². The number of aliphatic hydroxyl groups excluding tert-OH is 1. The molecule has 0 unspecified atom stereocenters. The second kappa shape index (κ2) is 10.3. The molecular weight excluding hydrogens is 354 g/mol. The number of carbonyl (C=O) groups is 1. The average Bonchev–Trinajstić information content (AvgIpc) is 3.23. The minimum atomic E-state index is -0.230. The predicted octanol–water partition coefficient (Wildman–Crippen LogP) is 2.22. The Bertz CT molecular complexity index is 725. The summed E-state index contributed by atoms with van der Waals surface area (Å²) in [5.41, 5.74) is 1.75. The number of aromatic nitrogens is 3. The van der Waals surface area contributed by atoms with E-state index in [0.29, 0.717) is 30.6 Å². The van der Waals surface area contributed by atoms with Gasteiger partial charge in [0.1, 0.15) is 0 Å². The Balaban J connectivity index is 1.42. The summed E-state index contributed by atoms with van der Waals surface area (Å²) in [7, 11) is 0. The van der Waals surface area contributed by atoms with Gasteiger partial charge in [-0.05, 0) is 43.7 Å². The van der Waals surface area contributed by atoms with Crippen molar-refractivity contribution in [2.45, 2.75) is 44.6 Å². The number of aliphatic hydroxyl groups is 1. The van der Waals surface area contributed by atoms with Gasteiger partial charge in [-0.1, -0.05) is 42.5 Å². The highest BCUT2D eigenvalue weighted by molar-refractivity contribution is 5.91. The van der Waals surface area contributed by atoms with Crippen LogP contribution in [0.5, 0.6) is 0 Å². The van der Waals surface area contributed by atoms with E-state index in [1.165, 1.54) is 5.56 Å². The topological polar surface area (TPSA) is 83.3 Å². The van der Waals surface area contributed by atoms with Crippen molar-refractivity contribution in [3.8, 4) is 0 Å². The summed E-state index contributed by atoms with van der Waals surface area (Å²) in [5, 5.41) is 19.7. The van der Waals surface area contributed by atoms with Gasteiger partial charge in [-0.2, -0.15) is 0 Å². The van der Waals surface area contributed by atoms with Crippen molar-refractivity contribution in [3.63, 3.8) is 0 Å². The molecule has 0 saturated carbocycles. The second-order valence-electron chi connectivity index (χ2n) is 7.59. The molecule has 1 amide bonds. The summed E-state index contributed by atoms with van der Waals surface area (Å²) in [6.07, 6.45) is 5.49. The van der Waals surface area contributed by atoms with Crippen LogP contribution >= 0.6 is 0 Å². The highest BCUT2D eigenvalue weighted by Gasteiger charge is 2.23. The van der Waals surface area contributed by atoms with Crippen LogP contribution in [0.15, 0.2) is 36.5 Å². The minimum absolute atomic E-state index is 0.0651. The summed E-state index contributed by atoms with van der Waals surface area (Å²) in [6, 6.07) is 11.0. The molecule has 0 bridgehead atoms. The lowest BCUT2D eigenvalue weighted by Crippen LogP contribution is -2.35. The minimum Gasteiger partial charge on any atom is -0.396 e. The van der Waals surface area contributed by atoms with Crippen molar-refractivity contribution in [1.82, 2.24) is 25.2 Å². The molecule has 7 nitrogen and oxygen atoms in total. The number of rotatable bonds is 9. The van der Waals surface area contributed by atoms with Gasteiger partial charge >= 0.3 is 0 Å². The normalized spacial score (nSPS) is 16.8. The maximum absolute atomic E-state index is 12.0. The van der Waals surface area contributed by atoms with E-state index >= 15 is 0 Å². The number of benzene rings is 1. The van der Waals surface area contributed by atoms with E-state index in [1.54, 1.807) is 6.20 Å². The smallest absolute Gasteiger partial charge is 0.273 e. The van der Waals surface area contributed by atoms with Gasteiger partial charge in [-0.25, -0.2) is 4.68 Å². The largest absolute Gasteiger partial charge is 0.396 e. The molecule has 28 heavy (non-hydrogen) atoms. The summed E-state index contributed by atoms with van der Waals surface area (Å²) in [6.45, 7) is 6.01. The highest BCUT2D eigenvalue weighted by atomic mass is 16.3. The zero-order chi connectivity index (χ0) is 19.8. The van der Waals surface area contributed by atoms with Gasteiger partial charge in [-0.3, -0.25) is 4.79 Å². The summed E-state index contributed by atoms with van der Waals surface area (Å²) in [5.74, 6) is 0.341. The zero-order valence-corrected chi connectivity index (χ0v) is 16.6. The van der Waals surface area contributed by atoms with Crippen molar-refractivity contribution >= 4 is 5.91 Å². The monoisotopic (exact) mass is 385 g/mol. The van der Waals surface area contributed by atoms with Crippen molar-refractivity contribution < 1.29 is 9.90 Å². The number of carbonyl (C=O) groups excluding carboxylic acids is 1. The van der Waals surface area contributed by atoms with Gasteiger partial charge < -0.3 is 15.3 Å². The fraction of sp³-hybridized carbons (Fsp3) is 0.571. The third-order valence-electron chi connectivity index (χ3n) is 5.54. The summed E-state index contributed by atoms with van der Waals surface area (Å²) < 4.78 is 1.84. The quantitative estimate of drug-likeness (QED) is 0.647. The van der Waals surface area contributed by atoms with Crippen LogP contribution < -0.4 is 5.32 Å². The Hall–Kier alpha value is -2.25. The van der Waals surface area contributed by atoms with Crippen molar-refractivity contribution in [1.29, 1.82) is 0 Å². The molecule has 1 aromatic carbocycles. The lowest BCUT2D eigenvalue weighted by Gasteiger charge is -2.32. The molecule has 0 spiro atoms. The van der Waals surface area contributed by atoms with Gasteiger partial charge in [0, 0.05) is 26.2 Å². The average molecular weight is 386 g/mol. The molecule has 3 rings (SSSR count). The summed E-state index contributed by atoms with van der Waals surface area (Å²) in [4.78, 5) is 14.5. The first-order chi connectivity index (χ1) is 13.7. The molecule has 0 radical (unpaired) electrons. The number of hydrogen-bond donors (Lipinski definition) is 2. The highest BCUT2D eigenvalue weighted by Crippen LogP contribution is 2.24. The van der Waals surface area contributed by atoms with Crippen LogP contribution in [-0.4, -0.2) is 63.7 Å². The van der Waals surface area contributed by atoms with Crippen LogP contribution in [0.3, 0.4) is 0 Å². The molecule has 152 valence electrons. The molecule has 1 fully saturated rings. The van der Waals surface area contributed by atoms with E-state index in [-0.39, 0.29) is 12.5 Å². The van der Waals surface area contributed by atoms with E-state index in [1.807, 2.05) is 4.68 Å². The Labute approximate surface area is 166 Å². The molecule has 0 aliphatic carbocycles. The number of nitrogens with one attached hydrogen (secondary N) is 1. The molecule has 1 atom stereocenters. The van der Waals surface area contributed by atoms with E-state index < -0.39 is 0 Å². The van der Waals surface area contributed by atoms with E-state index in [0.717, 1.165) is 38.9 Å². The Morgan fingerprint density at radius 1 is 1.29 bits per heavy atom. The van der Waals surface area contributed by atoms with Gasteiger partial charge in [0.2, 0.25) is 0 Å². The number of piperidine rings is 1. The third kappa shape index (κ3) is 5.62. The summed E-state index contributed by atoms with van der Waals surface area (Å²) >= 11 is 0. The Morgan fingerprint density at radius 2 is 2.04 bits per heavy atom. The van der Waals surface area contributed by atoms with Crippen LogP contribution in [0.2, 0.25) is 0 Å². The van der Waals surface area contributed by atoms with Crippen LogP contribution in [0.25, 0.3) is 0 Å². The number of nitrogens with zero attached hydrogens (tertiary/aromatic N) is 4. The molecule has 1 aliphatic rings. The second-order valence-corrected chi connectivity index (χ2v) is 7.59. The first-order valence-corrected chi connectivity index (χ1v) is 10.3. The Kier molecular flexibility index (Phi) is 7.56. The van der Waals surface area contributed by atoms with Crippen LogP contribution in [0.1, 0.15) is 60.6 Å². The Morgan fingerprint density at radius 3 is 2.75 bits per heavy atom. The van der Waals surface area contributed by atoms with E-state index in [9.17, 15) is 4.79 Å². The molecule has 1 aromatic heterocycles. The van der Waals surface area contributed by atoms with Gasteiger partial charge in [-0.15, -0.1) is 5.10 Å². The molecular formula is C21H31N5O2. The molecule has 1 saturated heterocycles. The van der Waals surface area contributed by atoms with Crippen molar-refractivity contribution in [2.24, 2.45) is 0 Å². The molecule has 7 heteroatoms. The lowest BCUT2D eigenvalue weighted by molar-refractivity contribution is 0.0946. The van der Waals surface area contributed by atoms with Gasteiger partial charge in [0.05, 0.1) is 12.2 Å². The maximum Gasteiger partial charge on any atom is 0.273 e.